The highest BCUT2D eigenvalue weighted by atomic mass is 19.1. The monoisotopic (exact) mass is 369 g/mol. The van der Waals surface area contributed by atoms with Crippen LogP contribution in [0.1, 0.15) is 29.1 Å². The summed E-state index contributed by atoms with van der Waals surface area (Å²) in [6.45, 7) is 5.10. The number of pyridine rings is 1. The maximum Gasteiger partial charge on any atom is 0.263 e. The summed E-state index contributed by atoms with van der Waals surface area (Å²) in [5, 5.41) is 4.37. The first kappa shape index (κ1) is 17.4. The summed E-state index contributed by atoms with van der Waals surface area (Å²) in [6, 6.07) is 4.74. The van der Waals surface area contributed by atoms with E-state index in [-0.39, 0.29) is 18.0 Å². The Balaban J connectivity index is 1.54. The smallest absolute Gasteiger partial charge is 0.263 e. The van der Waals surface area contributed by atoms with Crippen molar-refractivity contribution >= 4 is 11.6 Å². The van der Waals surface area contributed by atoms with Crippen LogP contribution < -0.4 is 5.56 Å². The first-order valence-electron chi connectivity index (χ1n) is 8.91. The molecule has 0 atom stereocenters. The number of carbonyl (C=O) groups excluding carboxylic acids is 1. The number of nitrogens with zero attached hydrogens (tertiary/aromatic N) is 5. The fourth-order valence-corrected chi connectivity index (χ4v) is 3.55. The Kier molecular flexibility index (Phi) is 4.25. The highest BCUT2D eigenvalue weighted by Crippen LogP contribution is 2.16. The second-order valence-electron chi connectivity index (χ2n) is 6.88. The van der Waals surface area contributed by atoms with E-state index < -0.39 is 5.82 Å². The molecule has 1 amide bonds. The maximum atomic E-state index is 13.5. The lowest BCUT2D eigenvalue weighted by atomic mass is 10.1. The van der Waals surface area contributed by atoms with Gasteiger partial charge < -0.3 is 4.90 Å². The zero-order valence-corrected chi connectivity index (χ0v) is 15.3. The van der Waals surface area contributed by atoms with E-state index in [1.807, 2.05) is 24.6 Å². The van der Waals surface area contributed by atoms with Crippen LogP contribution in [0.25, 0.3) is 5.65 Å². The summed E-state index contributed by atoms with van der Waals surface area (Å²) in [7, 11) is 0. The minimum absolute atomic E-state index is 0.0306. The van der Waals surface area contributed by atoms with Gasteiger partial charge in [0.05, 0.1) is 23.5 Å². The van der Waals surface area contributed by atoms with Crippen LogP contribution in [0, 0.1) is 19.7 Å². The van der Waals surface area contributed by atoms with Gasteiger partial charge in [-0.25, -0.2) is 9.37 Å². The van der Waals surface area contributed by atoms with Crippen molar-refractivity contribution in [3.8, 4) is 0 Å². The Hall–Kier alpha value is -3.03. The van der Waals surface area contributed by atoms with Crippen LogP contribution in [0.3, 0.4) is 0 Å². The Bertz CT molecular complexity index is 1100. The summed E-state index contributed by atoms with van der Waals surface area (Å²) in [6.07, 6.45) is 1.97. The summed E-state index contributed by atoms with van der Waals surface area (Å²) in [4.78, 5) is 31.5. The quantitative estimate of drug-likeness (QED) is 0.703. The predicted octanol–water partition coefficient (Wildman–Crippen LogP) is 1.62. The molecule has 0 bridgehead atoms. The molecule has 140 valence electrons. The maximum absolute atomic E-state index is 13.5. The van der Waals surface area contributed by atoms with Crippen molar-refractivity contribution in [3.05, 3.63) is 63.2 Å². The molecule has 7 nitrogen and oxygen atoms in total. The molecular formula is C19H20FN5O2. The van der Waals surface area contributed by atoms with Crippen LogP contribution in [0.4, 0.5) is 4.39 Å². The summed E-state index contributed by atoms with van der Waals surface area (Å²) < 4.78 is 16.5. The van der Waals surface area contributed by atoms with Gasteiger partial charge in [-0.3, -0.25) is 18.7 Å². The molecule has 4 rings (SSSR count). The van der Waals surface area contributed by atoms with Gasteiger partial charge >= 0.3 is 0 Å². The standard InChI is InChI=1S/C19H20FN5O2/c1-12-9-13(2)25(22-12)8-6-18(26)23-7-5-16-15(11-23)19(27)24-10-14(20)3-4-17(24)21-16/h3-4,9-10H,5-8,11H2,1-2H3. The van der Waals surface area contributed by atoms with Crippen LogP contribution in [0.15, 0.2) is 29.2 Å². The SMILES string of the molecule is Cc1cc(C)n(CCC(=O)N2CCc3nc4ccc(F)cn4c(=O)c3C2)n1. The highest BCUT2D eigenvalue weighted by Gasteiger charge is 2.25. The summed E-state index contributed by atoms with van der Waals surface area (Å²) in [5.74, 6) is -0.531. The van der Waals surface area contributed by atoms with Gasteiger partial charge in [-0.1, -0.05) is 0 Å². The number of hydrogen-bond acceptors (Lipinski definition) is 4. The molecule has 0 fully saturated rings. The van der Waals surface area contributed by atoms with Gasteiger partial charge in [-0.05, 0) is 32.0 Å². The van der Waals surface area contributed by atoms with Crippen LogP contribution in [-0.2, 0) is 24.3 Å². The van der Waals surface area contributed by atoms with Gasteiger partial charge in [0, 0.05) is 37.8 Å². The number of carbonyl (C=O) groups is 1. The normalized spacial score (nSPS) is 13.8. The number of aryl methyl sites for hydroxylation is 3. The van der Waals surface area contributed by atoms with Crippen molar-refractivity contribution in [1.82, 2.24) is 24.1 Å². The van der Waals surface area contributed by atoms with Crippen LogP contribution in [0.2, 0.25) is 0 Å². The number of halogens is 1. The topological polar surface area (TPSA) is 72.5 Å². The van der Waals surface area contributed by atoms with Crippen molar-refractivity contribution in [2.75, 3.05) is 6.54 Å². The average Bonchev–Trinajstić information content (AvgIpc) is 2.97. The van der Waals surface area contributed by atoms with Gasteiger partial charge in [-0.15, -0.1) is 0 Å². The molecule has 0 radical (unpaired) electrons. The van der Waals surface area contributed by atoms with Crippen LogP contribution in [0.5, 0.6) is 0 Å². The molecule has 3 aromatic heterocycles. The molecule has 3 aromatic rings. The number of fused-ring (bicyclic) bond motifs is 2. The van der Waals surface area contributed by atoms with Crippen molar-refractivity contribution in [2.24, 2.45) is 0 Å². The van der Waals surface area contributed by atoms with E-state index in [0.717, 1.165) is 17.6 Å². The Labute approximate surface area is 155 Å². The minimum Gasteiger partial charge on any atom is -0.338 e. The van der Waals surface area contributed by atoms with E-state index in [0.29, 0.717) is 42.8 Å². The van der Waals surface area contributed by atoms with Crippen LogP contribution in [-0.4, -0.2) is 36.5 Å². The first-order chi connectivity index (χ1) is 12.9. The molecule has 1 aliphatic rings. The van der Waals surface area contributed by atoms with Gasteiger partial charge in [-0.2, -0.15) is 5.10 Å². The first-order valence-corrected chi connectivity index (χ1v) is 8.91. The lowest BCUT2D eigenvalue weighted by Crippen LogP contribution is -2.40. The van der Waals surface area contributed by atoms with Gasteiger partial charge in [0.1, 0.15) is 11.5 Å². The molecule has 0 saturated carbocycles. The molecule has 27 heavy (non-hydrogen) atoms. The third-order valence-corrected chi connectivity index (χ3v) is 4.93. The molecular weight excluding hydrogens is 349 g/mol. The van der Waals surface area contributed by atoms with Crippen LogP contribution >= 0.6 is 0 Å². The highest BCUT2D eigenvalue weighted by molar-refractivity contribution is 5.76. The van der Waals surface area contributed by atoms with Crippen molar-refractivity contribution in [1.29, 1.82) is 0 Å². The van der Waals surface area contributed by atoms with E-state index in [1.165, 1.54) is 16.5 Å². The molecule has 1 aliphatic heterocycles. The van der Waals surface area contributed by atoms with E-state index in [9.17, 15) is 14.0 Å². The molecule has 0 aliphatic carbocycles. The molecule has 8 heteroatoms. The fraction of sp³-hybridized carbons (Fsp3) is 0.368. The molecule has 0 N–H and O–H groups in total. The lowest BCUT2D eigenvalue weighted by molar-refractivity contribution is -0.132. The van der Waals surface area contributed by atoms with Crippen molar-refractivity contribution in [3.63, 3.8) is 0 Å². The molecule has 0 aromatic carbocycles. The zero-order valence-electron chi connectivity index (χ0n) is 15.3. The molecule has 0 spiro atoms. The number of amides is 1. The molecule has 0 unspecified atom stereocenters. The van der Waals surface area contributed by atoms with Crippen molar-refractivity contribution < 1.29 is 9.18 Å². The summed E-state index contributed by atoms with van der Waals surface area (Å²) >= 11 is 0. The predicted molar refractivity (Wildman–Crippen MR) is 96.9 cm³/mol. The third kappa shape index (κ3) is 3.22. The van der Waals surface area contributed by atoms with Gasteiger partial charge in [0.2, 0.25) is 5.91 Å². The third-order valence-electron chi connectivity index (χ3n) is 4.93. The second-order valence-corrected chi connectivity index (χ2v) is 6.88. The second kappa shape index (κ2) is 6.61. The van der Waals surface area contributed by atoms with E-state index in [1.54, 1.807) is 4.90 Å². The number of rotatable bonds is 3. The fourth-order valence-electron chi connectivity index (χ4n) is 3.55. The summed E-state index contributed by atoms with van der Waals surface area (Å²) in [5.41, 5.74) is 3.19. The Morgan fingerprint density at radius 1 is 1.30 bits per heavy atom. The molecule has 0 saturated heterocycles. The van der Waals surface area contributed by atoms with Gasteiger partial charge in [0.25, 0.3) is 5.56 Å². The largest absolute Gasteiger partial charge is 0.338 e. The van der Waals surface area contributed by atoms with E-state index in [2.05, 4.69) is 10.1 Å². The molecule has 4 heterocycles. The minimum atomic E-state index is -0.500. The van der Waals surface area contributed by atoms with Gasteiger partial charge in [0.15, 0.2) is 0 Å². The Morgan fingerprint density at radius 3 is 2.85 bits per heavy atom. The number of aromatic nitrogens is 4. The number of hydrogen-bond donors (Lipinski definition) is 0. The zero-order chi connectivity index (χ0) is 19.1. The van der Waals surface area contributed by atoms with Crippen molar-refractivity contribution in [2.45, 2.75) is 39.8 Å². The van der Waals surface area contributed by atoms with E-state index in [4.69, 9.17) is 0 Å². The van der Waals surface area contributed by atoms with E-state index >= 15 is 0 Å². The lowest BCUT2D eigenvalue weighted by Gasteiger charge is -2.28. The average molecular weight is 369 g/mol. The Morgan fingerprint density at radius 2 is 2.11 bits per heavy atom.